The van der Waals surface area contributed by atoms with Crippen LogP contribution in [0, 0.1) is 13.8 Å². The normalized spacial score (nSPS) is 10.6. The number of aryl methyl sites for hydroxylation is 2. The Bertz CT molecular complexity index is 904. The molecule has 3 rings (SSSR count). The summed E-state index contributed by atoms with van der Waals surface area (Å²) >= 11 is 1.40. The van der Waals surface area contributed by atoms with Gasteiger partial charge >= 0.3 is 0 Å². The lowest BCUT2D eigenvalue weighted by molar-refractivity contribution is 0.102. The zero-order chi connectivity index (χ0) is 18.5. The molecule has 1 N–H and O–H groups in total. The fourth-order valence-electron chi connectivity index (χ4n) is 2.55. The van der Waals surface area contributed by atoms with Gasteiger partial charge in [0.2, 0.25) is 0 Å². The summed E-state index contributed by atoms with van der Waals surface area (Å²) in [6, 6.07) is 15.7. The molecule has 3 aromatic rings. The lowest BCUT2D eigenvalue weighted by atomic mass is 10.2. The number of nitrogens with one attached hydrogen (secondary N) is 1. The molecule has 0 radical (unpaired) electrons. The molecule has 0 aliphatic rings. The van der Waals surface area contributed by atoms with Crippen molar-refractivity contribution < 1.29 is 9.53 Å². The molecule has 134 valence electrons. The number of thiazole rings is 1. The van der Waals surface area contributed by atoms with Crippen LogP contribution in [0.25, 0.3) is 10.6 Å². The van der Waals surface area contributed by atoms with E-state index in [1.54, 1.807) is 0 Å². The van der Waals surface area contributed by atoms with Crippen molar-refractivity contribution in [3.05, 3.63) is 64.7 Å². The molecule has 26 heavy (non-hydrogen) atoms. The van der Waals surface area contributed by atoms with E-state index in [2.05, 4.69) is 17.2 Å². The summed E-state index contributed by atoms with van der Waals surface area (Å²) in [4.78, 5) is 18.0. The number of ether oxygens (including phenoxy) is 1. The smallest absolute Gasteiger partial charge is 0.267 e. The molecule has 1 heterocycles. The third kappa shape index (κ3) is 4.11. The van der Waals surface area contributed by atoms with Gasteiger partial charge in [0.1, 0.15) is 15.6 Å². The summed E-state index contributed by atoms with van der Waals surface area (Å²) in [6.07, 6.45) is 0.912. The highest BCUT2D eigenvalue weighted by molar-refractivity contribution is 7.17. The maximum absolute atomic E-state index is 12.8. The second-order valence-electron chi connectivity index (χ2n) is 6.10. The van der Waals surface area contributed by atoms with Crippen LogP contribution in [0.3, 0.4) is 0 Å². The topological polar surface area (TPSA) is 51.2 Å². The lowest BCUT2D eigenvalue weighted by Crippen LogP contribution is -2.13. The van der Waals surface area contributed by atoms with Crippen LogP contribution in [0.4, 0.5) is 5.69 Å². The number of aromatic nitrogens is 1. The average Bonchev–Trinajstić information content (AvgIpc) is 3.04. The minimum absolute atomic E-state index is 0.160. The third-order valence-corrected chi connectivity index (χ3v) is 5.08. The fraction of sp³-hybridized carbons (Fsp3) is 0.238. The number of nitrogens with zero attached hydrogens (tertiary/aromatic N) is 1. The summed E-state index contributed by atoms with van der Waals surface area (Å²) in [5, 5.41) is 3.82. The Morgan fingerprint density at radius 2 is 1.92 bits per heavy atom. The highest BCUT2D eigenvalue weighted by Gasteiger charge is 2.18. The van der Waals surface area contributed by atoms with Crippen LogP contribution < -0.4 is 10.1 Å². The molecule has 0 fully saturated rings. The van der Waals surface area contributed by atoms with Crippen LogP contribution in [-0.4, -0.2) is 17.5 Å². The maximum atomic E-state index is 12.8. The van der Waals surface area contributed by atoms with E-state index < -0.39 is 0 Å². The van der Waals surface area contributed by atoms with Gasteiger partial charge in [0.05, 0.1) is 18.0 Å². The Morgan fingerprint density at radius 1 is 1.15 bits per heavy atom. The van der Waals surface area contributed by atoms with E-state index in [-0.39, 0.29) is 5.91 Å². The monoisotopic (exact) mass is 366 g/mol. The summed E-state index contributed by atoms with van der Waals surface area (Å²) in [5.74, 6) is 0.540. The molecule has 0 spiro atoms. The molecule has 1 aromatic heterocycles. The Kier molecular flexibility index (Phi) is 5.68. The summed E-state index contributed by atoms with van der Waals surface area (Å²) in [6.45, 7) is 6.54. The molecule has 4 nitrogen and oxygen atoms in total. The summed E-state index contributed by atoms with van der Waals surface area (Å²) in [7, 11) is 0. The van der Waals surface area contributed by atoms with Crippen LogP contribution in [0.5, 0.6) is 5.75 Å². The van der Waals surface area contributed by atoms with Crippen LogP contribution in [-0.2, 0) is 0 Å². The van der Waals surface area contributed by atoms with Crippen LogP contribution >= 0.6 is 11.3 Å². The van der Waals surface area contributed by atoms with Crippen LogP contribution in [0.2, 0.25) is 0 Å². The Hall–Kier alpha value is -2.66. The van der Waals surface area contributed by atoms with Gasteiger partial charge in [-0.1, -0.05) is 43.3 Å². The zero-order valence-corrected chi connectivity index (χ0v) is 16.0. The molecule has 1 amide bonds. The van der Waals surface area contributed by atoms with Crippen molar-refractivity contribution in [2.75, 3.05) is 11.9 Å². The van der Waals surface area contributed by atoms with Crippen molar-refractivity contribution in [3.63, 3.8) is 0 Å². The predicted octanol–water partition coefficient (Wildman–Crippen LogP) is 5.47. The van der Waals surface area contributed by atoms with Crippen LogP contribution in [0.1, 0.15) is 34.3 Å². The van der Waals surface area contributed by atoms with Crippen molar-refractivity contribution in [2.24, 2.45) is 0 Å². The Morgan fingerprint density at radius 3 is 2.65 bits per heavy atom. The molecule has 0 bridgehead atoms. The molecule has 0 saturated heterocycles. The Labute approximate surface area is 157 Å². The quantitative estimate of drug-likeness (QED) is 0.629. The molecule has 0 aliphatic heterocycles. The molecule has 5 heteroatoms. The number of carbonyl (C=O) groups is 1. The molecule has 0 unspecified atom stereocenters. The lowest BCUT2D eigenvalue weighted by Gasteiger charge is -2.12. The van der Waals surface area contributed by atoms with E-state index in [0.29, 0.717) is 22.9 Å². The number of carbonyl (C=O) groups excluding carboxylic acids is 1. The minimum Gasteiger partial charge on any atom is -0.491 e. The van der Waals surface area contributed by atoms with E-state index >= 15 is 0 Å². The molecule has 0 atom stereocenters. The van der Waals surface area contributed by atoms with Crippen molar-refractivity contribution in [3.8, 4) is 16.3 Å². The van der Waals surface area contributed by atoms with Gasteiger partial charge in [-0.3, -0.25) is 4.79 Å². The van der Waals surface area contributed by atoms with E-state index in [1.807, 2.05) is 62.4 Å². The standard InChI is InChI=1S/C21H22N2O2S/c1-4-12-25-18-13-14(2)10-11-17(18)23-20(24)19-15(3)22-21(26-19)16-8-6-5-7-9-16/h5-11,13H,4,12H2,1-3H3,(H,23,24). The van der Waals surface area contributed by atoms with Gasteiger partial charge in [-0.2, -0.15) is 0 Å². The number of hydrogen-bond acceptors (Lipinski definition) is 4. The fourth-order valence-corrected chi connectivity index (χ4v) is 3.52. The first-order chi connectivity index (χ1) is 12.6. The number of benzene rings is 2. The third-order valence-electron chi connectivity index (χ3n) is 3.87. The van der Waals surface area contributed by atoms with E-state index in [1.165, 1.54) is 11.3 Å². The molecular weight excluding hydrogens is 344 g/mol. The minimum atomic E-state index is -0.160. The zero-order valence-electron chi connectivity index (χ0n) is 15.2. The van der Waals surface area contributed by atoms with E-state index in [0.717, 1.165) is 28.2 Å². The Balaban J connectivity index is 1.84. The summed E-state index contributed by atoms with van der Waals surface area (Å²) in [5.41, 5.74) is 3.52. The first-order valence-corrected chi connectivity index (χ1v) is 9.47. The number of rotatable bonds is 6. The SMILES string of the molecule is CCCOc1cc(C)ccc1NC(=O)c1sc(-c2ccccc2)nc1C. The van der Waals surface area contributed by atoms with Gasteiger partial charge < -0.3 is 10.1 Å². The predicted molar refractivity (Wildman–Crippen MR) is 107 cm³/mol. The largest absolute Gasteiger partial charge is 0.491 e. The van der Waals surface area contributed by atoms with Gasteiger partial charge in [0.15, 0.2) is 0 Å². The molecule has 2 aromatic carbocycles. The summed E-state index contributed by atoms with van der Waals surface area (Å²) < 4.78 is 5.78. The first kappa shape index (κ1) is 18.1. The van der Waals surface area contributed by atoms with Crippen molar-refractivity contribution in [1.29, 1.82) is 0 Å². The van der Waals surface area contributed by atoms with Gasteiger partial charge in [-0.25, -0.2) is 4.98 Å². The highest BCUT2D eigenvalue weighted by atomic mass is 32.1. The number of anilines is 1. The van der Waals surface area contributed by atoms with E-state index in [4.69, 9.17) is 4.74 Å². The van der Waals surface area contributed by atoms with E-state index in [9.17, 15) is 4.79 Å². The maximum Gasteiger partial charge on any atom is 0.267 e. The van der Waals surface area contributed by atoms with Crippen LogP contribution in [0.15, 0.2) is 48.5 Å². The van der Waals surface area contributed by atoms with Gasteiger partial charge in [0.25, 0.3) is 5.91 Å². The molecular formula is C21H22N2O2S. The van der Waals surface area contributed by atoms with Crippen molar-refractivity contribution >= 4 is 22.9 Å². The second kappa shape index (κ2) is 8.15. The van der Waals surface area contributed by atoms with Crippen molar-refractivity contribution in [1.82, 2.24) is 4.98 Å². The first-order valence-electron chi connectivity index (χ1n) is 8.66. The molecule has 0 saturated carbocycles. The number of hydrogen-bond donors (Lipinski definition) is 1. The van der Waals surface area contributed by atoms with Crippen molar-refractivity contribution in [2.45, 2.75) is 27.2 Å². The van der Waals surface area contributed by atoms with Gasteiger partial charge in [-0.05, 0) is 38.0 Å². The second-order valence-corrected chi connectivity index (χ2v) is 7.10. The number of amides is 1. The molecule has 0 aliphatic carbocycles. The highest BCUT2D eigenvalue weighted by Crippen LogP contribution is 2.30. The average molecular weight is 366 g/mol. The van der Waals surface area contributed by atoms with Gasteiger partial charge in [0, 0.05) is 5.56 Å². The van der Waals surface area contributed by atoms with Gasteiger partial charge in [-0.15, -0.1) is 11.3 Å².